The molecule has 0 atom stereocenters. The Bertz CT molecular complexity index is 956. The average molecular weight is 416 g/mol. The molecule has 0 saturated carbocycles. The number of amides is 1. The predicted octanol–water partition coefficient (Wildman–Crippen LogP) is 4.84. The fourth-order valence-corrected chi connectivity index (χ4v) is 3.14. The van der Waals surface area contributed by atoms with Gasteiger partial charge in [0.15, 0.2) is 0 Å². The zero-order valence-corrected chi connectivity index (χ0v) is 16.9. The fraction of sp³-hybridized carbons (Fsp3) is 0.150. The molecular formula is C20H19Cl2N5O. The van der Waals surface area contributed by atoms with E-state index in [0.717, 1.165) is 12.1 Å². The lowest BCUT2D eigenvalue weighted by Crippen LogP contribution is -2.13. The van der Waals surface area contributed by atoms with E-state index in [2.05, 4.69) is 25.5 Å². The maximum Gasteiger partial charge on any atom is 0.258 e. The Labute approximate surface area is 173 Å². The SMILES string of the molecule is CN(C)Cc1ccc(Nc2cc(NC(=O)c3c(Cl)cccc3Cl)ccn2)nc1. The standard InChI is InChI=1S/C20H19Cl2N5O/c1-27(2)12-13-6-7-17(24-11-13)26-18-10-14(8-9-23-18)25-20(28)19-15(21)4-3-5-16(19)22/h3-11H,12H2,1-2H3,(H2,23,24,25,26,28). The van der Waals surface area contributed by atoms with Gasteiger partial charge in [-0.15, -0.1) is 0 Å². The summed E-state index contributed by atoms with van der Waals surface area (Å²) in [4.78, 5) is 23.2. The van der Waals surface area contributed by atoms with Crippen LogP contribution >= 0.6 is 23.2 Å². The number of hydrogen-bond donors (Lipinski definition) is 2. The number of carbonyl (C=O) groups excluding carboxylic acids is 1. The largest absolute Gasteiger partial charge is 0.325 e. The van der Waals surface area contributed by atoms with Gasteiger partial charge in [0.2, 0.25) is 0 Å². The molecule has 2 aromatic heterocycles. The summed E-state index contributed by atoms with van der Waals surface area (Å²) in [5, 5.41) is 6.49. The van der Waals surface area contributed by atoms with Gasteiger partial charge in [-0.25, -0.2) is 9.97 Å². The third-order valence-electron chi connectivity index (χ3n) is 3.79. The van der Waals surface area contributed by atoms with E-state index in [0.29, 0.717) is 27.4 Å². The van der Waals surface area contributed by atoms with Gasteiger partial charge in [-0.05, 0) is 43.9 Å². The molecule has 0 radical (unpaired) electrons. The summed E-state index contributed by atoms with van der Waals surface area (Å²) in [7, 11) is 4.01. The Hall–Kier alpha value is -2.67. The fourth-order valence-electron chi connectivity index (χ4n) is 2.57. The summed E-state index contributed by atoms with van der Waals surface area (Å²) < 4.78 is 0. The van der Waals surface area contributed by atoms with Crippen LogP contribution in [0.25, 0.3) is 0 Å². The van der Waals surface area contributed by atoms with E-state index in [4.69, 9.17) is 23.2 Å². The molecule has 0 aliphatic heterocycles. The number of benzene rings is 1. The Morgan fingerprint density at radius 2 is 1.79 bits per heavy atom. The number of nitrogens with zero attached hydrogens (tertiary/aromatic N) is 3. The smallest absolute Gasteiger partial charge is 0.258 e. The number of aromatic nitrogens is 2. The number of anilines is 3. The monoisotopic (exact) mass is 415 g/mol. The van der Waals surface area contributed by atoms with Gasteiger partial charge >= 0.3 is 0 Å². The van der Waals surface area contributed by atoms with E-state index >= 15 is 0 Å². The number of halogens is 2. The quantitative estimate of drug-likeness (QED) is 0.602. The summed E-state index contributed by atoms with van der Waals surface area (Å²) in [6, 6.07) is 12.2. The van der Waals surface area contributed by atoms with Crippen molar-refractivity contribution in [2.24, 2.45) is 0 Å². The van der Waals surface area contributed by atoms with Crippen LogP contribution in [0, 0.1) is 0 Å². The number of nitrogens with one attached hydrogen (secondary N) is 2. The number of carbonyl (C=O) groups is 1. The van der Waals surface area contributed by atoms with E-state index in [1.165, 1.54) is 0 Å². The van der Waals surface area contributed by atoms with Crippen molar-refractivity contribution < 1.29 is 4.79 Å². The Balaban J connectivity index is 1.71. The highest BCUT2D eigenvalue weighted by atomic mass is 35.5. The number of rotatable bonds is 6. The Morgan fingerprint density at radius 1 is 1.04 bits per heavy atom. The number of pyridine rings is 2. The van der Waals surface area contributed by atoms with Crippen LogP contribution in [0.15, 0.2) is 54.9 Å². The van der Waals surface area contributed by atoms with Crippen LogP contribution < -0.4 is 10.6 Å². The van der Waals surface area contributed by atoms with Gasteiger partial charge < -0.3 is 15.5 Å². The molecule has 2 heterocycles. The normalized spacial score (nSPS) is 10.8. The summed E-state index contributed by atoms with van der Waals surface area (Å²) in [5.41, 5.74) is 1.90. The van der Waals surface area contributed by atoms with Crippen molar-refractivity contribution in [2.75, 3.05) is 24.7 Å². The lowest BCUT2D eigenvalue weighted by Gasteiger charge is -2.11. The molecule has 8 heteroatoms. The highest BCUT2D eigenvalue weighted by Crippen LogP contribution is 2.25. The molecule has 0 spiro atoms. The second-order valence-electron chi connectivity index (χ2n) is 6.40. The minimum atomic E-state index is -0.390. The topological polar surface area (TPSA) is 70.2 Å². The van der Waals surface area contributed by atoms with Crippen LogP contribution in [0.3, 0.4) is 0 Å². The van der Waals surface area contributed by atoms with Crippen molar-refractivity contribution in [3.8, 4) is 0 Å². The van der Waals surface area contributed by atoms with Crippen LogP contribution in [-0.4, -0.2) is 34.9 Å². The van der Waals surface area contributed by atoms with Crippen molar-refractivity contribution in [1.29, 1.82) is 0 Å². The second kappa shape index (κ2) is 9.01. The van der Waals surface area contributed by atoms with Crippen molar-refractivity contribution in [3.05, 3.63) is 76.0 Å². The van der Waals surface area contributed by atoms with E-state index in [1.54, 1.807) is 36.5 Å². The summed E-state index contributed by atoms with van der Waals surface area (Å²) in [6.07, 6.45) is 3.40. The highest BCUT2D eigenvalue weighted by molar-refractivity contribution is 6.40. The van der Waals surface area contributed by atoms with Gasteiger partial charge in [0.05, 0.1) is 15.6 Å². The minimum absolute atomic E-state index is 0.232. The lowest BCUT2D eigenvalue weighted by molar-refractivity contribution is 0.102. The van der Waals surface area contributed by atoms with E-state index in [9.17, 15) is 4.79 Å². The summed E-state index contributed by atoms with van der Waals surface area (Å²) in [6.45, 7) is 0.817. The minimum Gasteiger partial charge on any atom is -0.325 e. The van der Waals surface area contributed by atoms with Gasteiger partial charge in [0, 0.05) is 30.7 Å². The van der Waals surface area contributed by atoms with Crippen molar-refractivity contribution in [3.63, 3.8) is 0 Å². The van der Waals surface area contributed by atoms with Gasteiger partial charge in [0.25, 0.3) is 5.91 Å². The van der Waals surface area contributed by atoms with Crippen LogP contribution in [0.4, 0.5) is 17.3 Å². The molecule has 0 saturated heterocycles. The van der Waals surface area contributed by atoms with Crippen molar-refractivity contribution in [1.82, 2.24) is 14.9 Å². The second-order valence-corrected chi connectivity index (χ2v) is 7.21. The van der Waals surface area contributed by atoms with Crippen LogP contribution in [-0.2, 0) is 6.54 Å². The van der Waals surface area contributed by atoms with E-state index < -0.39 is 0 Å². The molecular weight excluding hydrogens is 397 g/mol. The molecule has 3 aromatic rings. The molecule has 1 aromatic carbocycles. The lowest BCUT2D eigenvalue weighted by atomic mass is 10.2. The summed E-state index contributed by atoms with van der Waals surface area (Å²) in [5.74, 6) is 0.822. The first-order valence-corrected chi connectivity index (χ1v) is 9.26. The van der Waals surface area contributed by atoms with Crippen molar-refractivity contribution in [2.45, 2.75) is 6.54 Å². The zero-order chi connectivity index (χ0) is 20.1. The number of hydrogen-bond acceptors (Lipinski definition) is 5. The molecule has 0 aliphatic rings. The molecule has 0 aliphatic carbocycles. The molecule has 28 heavy (non-hydrogen) atoms. The molecule has 0 unspecified atom stereocenters. The zero-order valence-electron chi connectivity index (χ0n) is 15.4. The predicted molar refractivity (Wildman–Crippen MR) is 114 cm³/mol. The molecule has 0 fully saturated rings. The Kier molecular flexibility index (Phi) is 6.46. The Morgan fingerprint density at radius 3 is 2.43 bits per heavy atom. The molecule has 3 rings (SSSR count). The molecule has 0 bridgehead atoms. The maximum atomic E-state index is 12.5. The first kappa shape index (κ1) is 20.1. The molecule has 6 nitrogen and oxygen atoms in total. The van der Waals surface area contributed by atoms with Gasteiger partial charge in [-0.3, -0.25) is 4.79 Å². The first-order chi connectivity index (χ1) is 13.4. The van der Waals surface area contributed by atoms with Gasteiger partial charge in [-0.1, -0.05) is 35.3 Å². The van der Waals surface area contributed by atoms with Gasteiger partial charge in [0.1, 0.15) is 11.6 Å². The third-order valence-corrected chi connectivity index (χ3v) is 4.42. The molecule has 144 valence electrons. The van der Waals surface area contributed by atoms with Crippen LogP contribution in [0.1, 0.15) is 15.9 Å². The van der Waals surface area contributed by atoms with E-state index in [1.807, 2.05) is 32.4 Å². The molecule has 2 N–H and O–H groups in total. The average Bonchev–Trinajstić information content (AvgIpc) is 2.63. The van der Waals surface area contributed by atoms with Crippen LogP contribution in [0.2, 0.25) is 10.0 Å². The maximum absolute atomic E-state index is 12.5. The molecule has 1 amide bonds. The van der Waals surface area contributed by atoms with Crippen LogP contribution in [0.5, 0.6) is 0 Å². The summed E-state index contributed by atoms with van der Waals surface area (Å²) >= 11 is 12.2. The van der Waals surface area contributed by atoms with Gasteiger partial charge in [-0.2, -0.15) is 0 Å². The third kappa shape index (κ3) is 5.19. The first-order valence-electron chi connectivity index (χ1n) is 8.50. The van der Waals surface area contributed by atoms with Crippen molar-refractivity contribution >= 4 is 46.4 Å². The van der Waals surface area contributed by atoms with E-state index in [-0.39, 0.29) is 11.5 Å². The highest BCUT2D eigenvalue weighted by Gasteiger charge is 2.15.